The van der Waals surface area contributed by atoms with Crippen LogP contribution in [0.1, 0.15) is 136 Å². The maximum Gasteiger partial charge on any atom is 0.00385 e. The highest BCUT2D eigenvalue weighted by Gasteiger charge is 2.13. The molecule has 0 atom stereocenters. The van der Waals surface area contributed by atoms with Crippen LogP contribution in [0.3, 0.4) is 0 Å². The Balaban J connectivity index is -0.000000106. The molecule has 3 saturated heterocycles. The van der Waals surface area contributed by atoms with Gasteiger partial charge < -0.3 is 14.7 Å². The Morgan fingerprint density at radius 2 is 0.469 bits per heavy atom. The summed E-state index contributed by atoms with van der Waals surface area (Å²) in [5.41, 5.74) is 0. The van der Waals surface area contributed by atoms with E-state index in [9.17, 15) is 0 Å². The number of hydrogen-bond donors (Lipinski definition) is 0. The zero-order valence-corrected chi connectivity index (χ0v) is 19.7. The third kappa shape index (κ3) is 19.4. The molecule has 0 bridgehead atoms. The van der Waals surface area contributed by atoms with Crippen LogP contribution in [-0.2, 0) is 0 Å². The highest BCUT2D eigenvalue weighted by molar-refractivity contribution is 4.69. The molecule has 3 heterocycles. The normalized spacial score (nSPS) is 19.4. The molecule has 3 aliphatic heterocycles. The van der Waals surface area contributed by atoms with Gasteiger partial charge in [-0.05, 0) is 119 Å². The van der Waals surface area contributed by atoms with Crippen LogP contribution in [0.25, 0.3) is 0 Å². The Morgan fingerprint density at radius 1 is 0.312 bits per heavy atom. The Kier molecular flexibility index (Phi) is 33.5. The van der Waals surface area contributed by atoms with E-state index >= 15 is 0 Å². The molecular weight excluding hydrogens is 390 g/mol. The molecule has 0 aromatic rings. The van der Waals surface area contributed by atoms with Crippen LogP contribution < -0.4 is 0 Å². The average Bonchev–Trinajstić information content (AvgIpc) is 3.06. The topological polar surface area (TPSA) is 9.72 Å². The molecular formula is C29H71N3. The van der Waals surface area contributed by atoms with Crippen LogP contribution in [0.5, 0.6) is 0 Å². The largest absolute Gasteiger partial charge is 0.301 e. The number of rotatable bonds is 3. The SMILES string of the molecule is C.C.C.C.C.CC(C)N1CCCC1.CC(C)N1CCCCC1.CC(C)N1CCCCCC1. The summed E-state index contributed by atoms with van der Waals surface area (Å²) in [6, 6.07) is 2.31. The fourth-order valence-electron chi connectivity index (χ4n) is 4.30. The van der Waals surface area contributed by atoms with Crippen molar-refractivity contribution in [3.63, 3.8) is 0 Å². The molecule has 0 aromatic heterocycles. The third-order valence-electron chi connectivity index (χ3n) is 6.36. The van der Waals surface area contributed by atoms with E-state index in [4.69, 9.17) is 0 Å². The van der Waals surface area contributed by atoms with E-state index in [0.717, 1.165) is 18.1 Å². The quantitative estimate of drug-likeness (QED) is 0.415. The molecule has 3 fully saturated rings. The minimum atomic E-state index is 0. The van der Waals surface area contributed by atoms with Crippen LogP contribution in [0.2, 0.25) is 0 Å². The zero-order chi connectivity index (χ0) is 20.1. The van der Waals surface area contributed by atoms with Gasteiger partial charge in [0, 0.05) is 18.1 Å². The molecule has 0 amide bonds. The van der Waals surface area contributed by atoms with Gasteiger partial charge in [0.25, 0.3) is 0 Å². The Labute approximate surface area is 208 Å². The Morgan fingerprint density at radius 3 is 0.656 bits per heavy atom. The first-order valence-electron chi connectivity index (χ1n) is 12.1. The van der Waals surface area contributed by atoms with E-state index in [2.05, 4.69) is 56.2 Å². The Bertz CT molecular complexity index is 321. The minimum absolute atomic E-state index is 0. The highest BCUT2D eigenvalue weighted by Crippen LogP contribution is 2.12. The first-order chi connectivity index (χ1) is 12.9. The van der Waals surface area contributed by atoms with Gasteiger partial charge in [-0.15, -0.1) is 0 Å². The van der Waals surface area contributed by atoms with Gasteiger partial charge in [-0.25, -0.2) is 0 Å². The number of hydrogen-bond acceptors (Lipinski definition) is 3. The molecule has 0 saturated carbocycles. The number of piperidine rings is 1. The second-order valence-corrected chi connectivity index (χ2v) is 9.57. The maximum absolute atomic E-state index is 2.59. The zero-order valence-electron chi connectivity index (χ0n) is 19.7. The van der Waals surface area contributed by atoms with Gasteiger partial charge in [0.1, 0.15) is 0 Å². The van der Waals surface area contributed by atoms with Crippen molar-refractivity contribution < 1.29 is 0 Å². The molecule has 0 spiro atoms. The first-order valence-corrected chi connectivity index (χ1v) is 12.1. The third-order valence-corrected chi connectivity index (χ3v) is 6.36. The fraction of sp³-hybridized carbons (Fsp3) is 1.00. The lowest BCUT2D eigenvalue weighted by Gasteiger charge is -2.29. The van der Waals surface area contributed by atoms with Gasteiger partial charge in [-0.3, -0.25) is 0 Å². The second-order valence-electron chi connectivity index (χ2n) is 9.57. The van der Waals surface area contributed by atoms with Gasteiger partial charge in [-0.1, -0.05) is 56.4 Å². The molecule has 0 unspecified atom stereocenters. The lowest BCUT2D eigenvalue weighted by atomic mass is 10.1. The van der Waals surface area contributed by atoms with Crippen molar-refractivity contribution in [3.8, 4) is 0 Å². The molecule has 3 nitrogen and oxygen atoms in total. The van der Waals surface area contributed by atoms with Crippen molar-refractivity contribution in [2.75, 3.05) is 39.3 Å². The molecule has 3 aliphatic rings. The second kappa shape index (κ2) is 25.5. The lowest BCUT2D eigenvalue weighted by molar-refractivity contribution is 0.185. The van der Waals surface area contributed by atoms with E-state index < -0.39 is 0 Å². The fourth-order valence-corrected chi connectivity index (χ4v) is 4.30. The van der Waals surface area contributed by atoms with Gasteiger partial charge in [0.05, 0.1) is 0 Å². The number of nitrogens with zero attached hydrogens (tertiary/aromatic N) is 3. The highest BCUT2D eigenvalue weighted by atomic mass is 15.2. The van der Waals surface area contributed by atoms with Crippen molar-refractivity contribution in [1.82, 2.24) is 14.7 Å². The molecule has 3 rings (SSSR count). The van der Waals surface area contributed by atoms with E-state index in [1.54, 1.807) is 0 Å². The van der Waals surface area contributed by atoms with Crippen molar-refractivity contribution in [1.29, 1.82) is 0 Å². The predicted molar refractivity (Wildman–Crippen MR) is 155 cm³/mol. The van der Waals surface area contributed by atoms with Crippen molar-refractivity contribution in [2.45, 2.75) is 155 Å². The van der Waals surface area contributed by atoms with Crippen molar-refractivity contribution in [2.24, 2.45) is 0 Å². The lowest BCUT2D eigenvalue weighted by Crippen LogP contribution is -2.35. The van der Waals surface area contributed by atoms with Crippen LogP contribution in [0.4, 0.5) is 0 Å². The summed E-state index contributed by atoms with van der Waals surface area (Å²) in [5.74, 6) is 0. The first kappa shape index (κ1) is 42.1. The van der Waals surface area contributed by atoms with E-state index in [0.29, 0.717) is 0 Å². The van der Waals surface area contributed by atoms with Crippen molar-refractivity contribution >= 4 is 0 Å². The van der Waals surface area contributed by atoms with E-state index in [-0.39, 0.29) is 37.1 Å². The van der Waals surface area contributed by atoms with E-state index in [1.807, 2.05) is 0 Å². The summed E-state index contributed by atoms with van der Waals surface area (Å²) in [6.45, 7) is 21.7. The monoisotopic (exact) mass is 462 g/mol. The van der Waals surface area contributed by atoms with Gasteiger partial charge in [-0.2, -0.15) is 0 Å². The van der Waals surface area contributed by atoms with Crippen LogP contribution in [-0.4, -0.2) is 72.1 Å². The molecule has 32 heavy (non-hydrogen) atoms. The summed E-state index contributed by atoms with van der Waals surface area (Å²) in [7, 11) is 0. The van der Waals surface area contributed by atoms with Crippen LogP contribution in [0.15, 0.2) is 0 Å². The standard InChI is InChI=1S/C9H19N.C8H17N.C7H15N.5CH4/c1-9(2)10-7-5-3-4-6-8-10;1-8(2)9-6-4-3-5-7-9;1-7(2)8-5-3-4-6-8;;;;;/h9H,3-8H2,1-2H3;8H,3-7H2,1-2H3;7H,3-6H2,1-2H3;5*1H4. The molecule has 0 radical (unpaired) electrons. The maximum atomic E-state index is 2.59. The Hall–Kier alpha value is -0.120. The molecule has 0 aromatic carbocycles. The van der Waals surface area contributed by atoms with Gasteiger partial charge >= 0.3 is 0 Å². The molecule has 3 heteroatoms. The summed E-state index contributed by atoms with van der Waals surface area (Å²) in [6.07, 6.45) is 12.8. The summed E-state index contributed by atoms with van der Waals surface area (Å²) < 4.78 is 0. The van der Waals surface area contributed by atoms with Crippen molar-refractivity contribution in [3.05, 3.63) is 0 Å². The predicted octanol–water partition coefficient (Wildman–Crippen LogP) is 8.82. The minimum Gasteiger partial charge on any atom is -0.301 e. The molecule has 0 N–H and O–H groups in total. The van der Waals surface area contributed by atoms with Crippen LogP contribution in [0, 0.1) is 0 Å². The number of likely N-dealkylation sites (tertiary alicyclic amines) is 3. The molecule has 202 valence electrons. The summed E-state index contributed by atoms with van der Waals surface area (Å²) in [5, 5.41) is 0. The average molecular weight is 462 g/mol. The van der Waals surface area contributed by atoms with Crippen LogP contribution >= 0.6 is 0 Å². The van der Waals surface area contributed by atoms with Gasteiger partial charge in [0.15, 0.2) is 0 Å². The summed E-state index contributed by atoms with van der Waals surface area (Å²) >= 11 is 0. The smallest absolute Gasteiger partial charge is 0.00385 e. The molecule has 0 aliphatic carbocycles. The van der Waals surface area contributed by atoms with E-state index in [1.165, 1.54) is 97.1 Å². The van der Waals surface area contributed by atoms with Gasteiger partial charge in [0.2, 0.25) is 0 Å². The summed E-state index contributed by atoms with van der Waals surface area (Å²) in [4.78, 5) is 7.68.